The van der Waals surface area contributed by atoms with Gasteiger partial charge in [0.2, 0.25) is 0 Å². The van der Waals surface area contributed by atoms with Crippen molar-refractivity contribution < 1.29 is 42.9 Å². The summed E-state index contributed by atoms with van der Waals surface area (Å²) in [6.07, 6.45) is 2.66. The van der Waals surface area contributed by atoms with Crippen molar-refractivity contribution in [3.8, 4) is 0 Å². The number of fused-ring (bicyclic) bond motifs is 1. The highest BCUT2D eigenvalue weighted by atomic mass is 16.5. The fraction of sp³-hybridized carbons (Fsp3) is 0.519. The predicted molar refractivity (Wildman–Crippen MR) is 126 cm³/mol. The van der Waals surface area contributed by atoms with Crippen molar-refractivity contribution in [1.82, 2.24) is 0 Å². The molecule has 0 amide bonds. The van der Waals surface area contributed by atoms with Crippen molar-refractivity contribution in [2.24, 2.45) is 16.7 Å². The van der Waals surface area contributed by atoms with Crippen LogP contribution in [0, 0.1) is 16.7 Å². The number of aliphatic carboxylic acids is 1. The lowest BCUT2D eigenvalue weighted by Gasteiger charge is -2.44. The summed E-state index contributed by atoms with van der Waals surface area (Å²) in [7, 11) is 1.33. The Kier molecular flexibility index (Phi) is 6.64. The van der Waals surface area contributed by atoms with Gasteiger partial charge in [-0.15, -0.1) is 0 Å². The van der Waals surface area contributed by atoms with Gasteiger partial charge in [-0.3, -0.25) is 9.59 Å². The molecule has 9 nitrogen and oxygen atoms in total. The molecule has 0 spiro atoms. The maximum absolute atomic E-state index is 12.7. The summed E-state index contributed by atoms with van der Waals surface area (Å²) >= 11 is 0. The van der Waals surface area contributed by atoms with Crippen molar-refractivity contribution in [1.29, 1.82) is 0 Å². The van der Waals surface area contributed by atoms with Crippen molar-refractivity contribution in [3.63, 3.8) is 0 Å². The van der Waals surface area contributed by atoms with E-state index in [1.807, 2.05) is 27.7 Å². The molecule has 0 aromatic carbocycles. The van der Waals surface area contributed by atoms with Crippen molar-refractivity contribution in [2.45, 2.75) is 65.1 Å². The Morgan fingerprint density at radius 1 is 1.22 bits per heavy atom. The number of rotatable bonds is 7. The molecule has 194 valence electrons. The normalized spacial score (nSPS) is 29.2. The summed E-state index contributed by atoms with van der Waals surface area (Å²) in [6, 6.07) is 3.40. The lowest BCUT2D eigenvalue weighted by molar-refractivity contribution is -0.151. The van der Waals surface area contributed by atoms with Crippen molar-refractivity contribution in [3.05, 3.63) is 53.4 Å². The van der Waals surface area contributed by atoms with Gasteiger partial charge in [-0.2, -0.15) is 0 Å². The Morgan fingerprint density at radius 2 is 1.94 bits per heavy atom. The first-order chi connectivity index (χ1) is 16.9. The molecule has 3 heterocycles. The highest BCUT2D eigenvalue weighted by Crippen LogP contribution is 2.58. The first-order valence-corrected chi connectivity index (χ1v) is 12.0. The van der Waals surface area contributed by atoms with Gasteiger partial charge in [0, 0.05) is 47.0 Å². The summed E-state index contributed by atoms with van der Waals surface area (Å²) in [4.78, 5) is 36.3. The van der Waals surface area contributed by atoms with E-state index >= 15 is 0 Å². The molecule has 1 aliphatic heterocycles. The van der Waals surface area contributed by atoms with Gasteiger partial charge < -0.3 is 28.5 Å². The average Bonchev–Trinajstić information content (AvgIpc) is 3.51. The molecule has 0 saturated carbocycles. The van der Waals surface area contributed by atoms with Crippen LogP contribution in [-0.2, 0) is 23.9 Å². The molecular weight excluding hydrogens is 468 g/mol. The summed E-state index contributed by atoms with van der Waals surface area (Å²) in [5.41, 5.74) is 0.0660. The molecular formula is C27H32O9. The number of aliphatic hydroxyl groups is 1. The fourth-order valence-corrected chi connectivity index (χ4v) is 5.80. The van der Waals surface area contributed by atoms with Gasteiger partial charge >= 0.3 is 17.9 Å². The second-order valence-electron chi connectivity index (χ2n) is 10.6. The van der Waals surface area contributed by atoms with E-state index in [2.05, 4.69) is 0 Å². The van der Waals surface area contributed by atoms with Crippen molar-refractivity contribution >= 4 is 23.5 Å². The number of carboxylic acid groups (broad SMARTS) is 1. The van der Waals surface area contributed by atoms with Gasteiger partial charge in [-0.1, -0.05) is 27.7 Å². The largest absolute Gasteiger partial charge is 0.481 e. The third kappa shape index (κ3) is 4.25. The molecule has 2 aliphatic rings. The monoisotopic (exact) mass is 500 g/mol. The predicted octanol–water partition coefficient (Wildman–Crippen LogP) is 4.78. The highest BCUT2D eigenvalue weighted by molar-refractivity contribution is 5.94. The van der Waals surface area contributed by atoms with E-state index < -0.39 is 35.0 Å². The van der Waals surface area contributed by atoms with Crippen LogP contribution in [0.3, 0.4) is 0 Å². The van der Waals surface area contributed by atoms with Crippen LogP contribution in [0.4, 0.5) is 0 Å². The molecule has 9 heteroatoms. The third-order valence-corrected chi connectivity index (χ3v) is 8.04. The number of ether oxygens (including phenoxy) is 2. The number of carbonyl (C=O) groups is 3. The number of hydrogen-bond donors (Lipinski definition) is 2. The second kappa shape index (κ2) is 9.28. The number of carboxylic acids is 1. The Balaban J connectivity index is 1.81. The van der Waals surface area contributed by atoms with E-state index in [1.165, 1.54) is 25.7 Å². The van der Waals surface area contributed by atoms with Gasteiger partial charge in [0.25, 0.3) is 0 Å². The molecule has 4 rings (SSSR count). The maximum Gasteiger partial charge on any atom is 0.331 e. The molecule has 0 bridgehead atoms. The quantitative estimate of drug-likeness (QED) is 0.515. The molecule has 2 aromatic heterocycles. The molecule has 5 atom stereocenters. The lowest BCUT2D eigenvalue weighted by Crippen LogP contribution is -2.39. The molecule has 0 saturated heterocycles. The summed E-state index contributed by atoms with van der Waals surface area (Å²) in [6.45, 7) is 7.58. The van der Waals surface area contributed by atoms with E-state index in [1.54, 1.807) is 12.1 Å². The summed E-state index contributed by atoms with van der Waals surface area (Å²) < 4.78 is 22.1. The maximum atomic E-state index is 12.7. The zero-order valence-corrected chi connectivity index (χ0v) is 21.1. The molecule has 0 unspecified atom stereocenters. The minimum Gasteiger partial charge on any atom is -0.481 e. The van der Waals surface area contributed by atoms with E-state index in [9.17, 15) is 24.6 Å². The Morgan fingerprint density at radius 3 is 2.56 bits per heavy atom. The van der Waals surface area contributed by atoms with Crippen LogP contribution >= 0.6 is 0 Å². The molecule has 2 N–H and O–H groups in total. The number of esters is 2. The van der Waals surface area contributed by atoms with Crippen LogP contribution in [0.15, 0.2) is 39.6 Å². The van der Waals surface area contributed by atoms with E-state index in [0.717, 1.165) is 0 Å². The minimum atomic E-state index is -0.978. The number of hydrogen-bond acceptors (Lipinski definition) is 8. The van der Waals surface area contributed by atoms with Gasteiger partial charge in [0.1, 0.15) is 17.6 Å². The third-order valence-electron chi connectivity index (χ3n) is 8.04. The number of carbonyl (C=O) groups excluding carboxylic acids is 2. The summed E-state index contributed by atoms with van der Waals surface area (Å²) in [5, 5.41) is 20.7. The zero-order chi connectivity index (χ0) is 26.4. The van der Waals surface area contributed by atoms with E-state index in [0.29, 0.717) is 28.2 Å². The van der Waals surface area contributed by atoms with E-state index in [-0.39, 0.29) is 37.1 Å². The zero-order valence-electron chi connectivity index (χ0n) is 21.1. The standard InChI is InChI=1S/C27H32O9/c1-14-17(11-21(30)33-5)26(2,3)24(32)16-10-19(35-23(14)16)18-12-22(31)36-25(15-7-9-34-13-15)27(18,4)8-6-20(28)29/h7,9-10,12-14,17,24-25,32H,6,8,11H2,1-5H3,(H,28,29)/t14-,17-,24+,25+,27-/m1/s1. The van der Waals surface area contributed by atoms with Crippen molar-refractivity contribution in [2.75, 3.05) is 7.11 Å². The highest BCUT2D eigenvalue weighted by Gasteiger charge is 2.51. The number of furan rings is 2. The van der Waals surface area contributed by atoms with Crippen LogP contribution in [0.25, 0.3) is 5.57 Å². The molecule has 0 radical (unpaired) electrons. The molecule has 0 fully saturated rings. The summed E-state index contributed by atoms with van der Waals surface area (Å²) in [5.74, 6) is -1.52. The topological polar surface area (TPSA) is 136 Å². The van der Waals surface area contributed by atoms with Gasteiger partial charge in [0.15, 0.2) is 0 Å². The van der Waals surface area contributed by atoms with Gasteiger partial charge in [0.05, 0.1) is 25.7 Å². The number of cyclic esters (lactones) is 1. The molecule has 1 aliphatic carbocycles. The van der Waals surface area contributed by atoms with Crippen LogP contribution in [0.5, 0.6) is 0 Å². The van der Waals surface area contributed by atoms with Crippen LogP contribution in [-0.4, -0.2) is 35.2 Å². The van der Waals surface area contributed by atoms with Crippen LogP contribution < -0.4 is 0 Å². The number of aliphatic hydroxyl groups excluding tert-OH is 1. The van der Waals surface area contributed by atoms with Gasteiger partial charge in [-0.25, -0.2) is 4.79 Å². The molecule has 36 heavy (non-hydrogen) atoms. The first kappa shape index (κ1) is 25.8. The molecule has 2 aromatic rings. The van der Waals surface area contributed by atoms with E-state index in [4.69, 9.17) is 18.3 Å². The Labute approximate surface area is 209 Å². The smallest absolute Gasteiger partial charge is 0.331 e. The number of methoxy groups -OCH3 is 1. The van der Waals surface area contributed by atoms with Crippen LogP contribution in [0.1, 0.15) is 87.7 Å². The second-order valence-corrected chi connectivity index (χ2v) is 10.6. The van der Waals surface area contributed by atoms with Crippen LogP contribution in [0.2, 0.25) is 0 Å². The lowest BCUT2D eigenvalue weighted by atomic mass is 9.61. The first-order valence-electron chi connectivity index (χ1n) is 12.0. The average molecular weight is 501 g/mol. The fourth-order valence-electron chi connectivity index (χ4n) is 5.80. The minimum absolute atomic E-state index is 0.116. The Bertz CT molecular complexity index is 1190. The Hall–Kier alpha value is -3.33. The SMILES string of the molecule is COC(=O)C[C@@H]1[C@@H](C)c2oc(C3=CC(=O)O[C@@H](c4ccoc4)[C@]3(C)CCC(=O)O)cc2[C@H](O)C1(C)C. The van der Waals surface area contributed by atoms with Gasteiger partial charge in [-0.05, 0) is 29.9 Å².